The van der Waals surface area contributed by atoms with Gasteiger partial charge in [0, 0.05) is 16.3 Å². The minimum absolute atomic E-state index is 0.223. The summed E-state index contributed by atoms with van der Waals surface area (Å²) in [7, 11) is 2.98. The van der Waals surface area contributed by atoms with E-state index in [1.54, 1.807) is 60.7 Å². The van der Waals surface area contributed by atoms with Gasteiger partial charge in [0.1, 0.15) is 6.61 Å². The Morgan fingerprint density at radius 1 is 1.00 bits per heavy atom. The molecule has 3 aromatic carbocycles. The molecule has 0 saturated carbocycles. The SMILES string of the molecule is C=CCOc1ccc(C(=O)N/N=C/c2cc(I)c(OCC(=O)Nc3ccc(Cl)cc3)c(OC)c2)cc1OC. The predicted octanol–water partition coefficient (Wildman–Crippen LogP) is 5.31. The maximum absolute atomic E-state index is 12.5. The molecule has 2 N–H and O–H groups in total. The van der Waals surface area contributed by atoms with Crippen molar-refractivity contribution >= 4 is 57.9 Å². The molecule has 3 rings (SSSR count). The highest BCUT2D eigenvalue weighted by Gasteiger charge is 2.14. The summed E-state index contributed by atoms with van der Waals surface area (Å²) in [5, 5.41) is 7.34. The normalized spacial score (nSPS) is 10.5. The van der Waals surface area contributed by atoms with Gasteiger partial charge in [-0.15, -0.1) is 0 Å². The predicted molar refractivity (Wildman–Crippen MR) is 155 cm³/mol. The van der Waals surface area contributed by atoms with Crippen molar-refractivity contribution in [2.24, 2.45) is 5.10 Å². The van der Waals surface area contributed by atoms with Crippen LogP contribution in [0.25, 0.3) is 0 Å². The Labute approximate surface area is 238 Å². The van der Waals surface area contributed by atoms with Gasteiger partial charge in [-0.25, -0.2) is 5.43 Å². The van der Waals surface area contributed by atoms with Crippen molar-refractivity contribution in [3.63, 3.8) is 0 Å². The highest BCUT2D eigenvalue weighted by atomic mass is 127. The molecule has 38 heavy (non-hydrogen) atoms. The molecule has 0 spiro atoms. The van der Waals surface area contributed by atoms with E-state index in [9.17, 15) is 9.59 Å². The quantitative estimate of drug-likeness (QED) is 0.119. The van der Waals surface area contributed by atoms with Gasteiger partial charge in [0.05, 0.1) is 24.0 Å². The number of hydrazone groups is 1. The lowest BCUT2D eigenvalue weighted by Crippen LogP contribution is -2.20. The lowest BCUT2D eigenvalue weighted by molar-refractivity contribution is -0.118. The van der Waals surface area contributed by atoms with Crippen LogP contribution in [0.15, 0.2) is 72.4 Å². The van der Waals surface area contributed by atoms with E-state index in [4.69, 9.17) is 30.5 Å². The molecule has 0 aliphatic carbocycles. The van der Waals surface area contributed by atoms with E-state index < -0.39 is 5.91 Å². The van der Waals surface area contributed by atoms with Crippen LogP contribution in [0.1, 0.15) is 15.9 Å². The fourth-order valence-electron chi connectivity index (χ4n) is 3.13. The number of rotatable bonds is 12. The number of methoxy groups -OCH3 is 2. The molecule has 0 aliphatic heterocycles. The van der Waals surface area contributed by atoms with Crippen LogP contribution in [0.4, 0.5) is 5.69 Å². The molecule has 0 saturated heterocycles. The van der Waals surface area contributed by atoms with E-state index in [1.807, 2.05) is 0 Å². The van der Waals surface area contributed by atoms with Crippen LogP contribution in [0.2, 0.25) is 5.02 Å². The van der Waals surface area contributed by atoms with E-state index >= 15 is 0 Å². The Hall–Kier alpha value is -3.77. The zero-order chi connectivity index (χ0) is 27.5. The third kappa shape index (κ3) is 8.12. The van der Waals surface area contributed by atoms with Crippen LogP contribution < -0.4 is 29.7 Å². The highest BCUT2D eigenvalue weighted by molar-refractivity contribution is 14.1. The smallest absolute Gasteiger partial charge is 0.271 e. The lowest BCUT2D eigenvalue weighted by Gasteiger charge is -2.13. The zero-order valence-corrected chi connectivity index (χ0v) is 23.5. The number of nitrogens with one attached hydrogen (secondary N) is 2. The number of carbonyl (C=O) groups is 2. The first-order valence-corrected chi connectivity index (χ1v) is 12.6. The number of ether oxygens (including phenoxy) is 4. The minimum Gasteiger partial charge on any atom is -0.493 e. The monoisotopic (exact) mass is 649 g/mol. The summed E-state index contributed by atoms with van der Waals surface area (Å²) in [4.78, 5) is 24.8. The van der Waals surface area contributed by atoms with E-state index in [0.29, 0.717) is 55.0 Å². The second kappa shape index (κ2) is 14.2. The summed E-state index contributed by atoms with van der Waals surface area (Å²) < 4.78 is 22.6. The van der Waals surface area contributed by atoms with Gasteiger partial charge in [-0.1, -0.05) is 24.3 Å². The molecule has 9 nitrogen and oxygen atoms in total. The largest absolute Gasteiger partial charge is 0.493 e. The molecule has 2 amide bonds. The van der Waals surface area contributed by atoms with Gasteiger partial charge in [-0.05, 0) is 82.8 Å². The molecule has 0 bridgehead atoms. The summed E-state index contributed by atoms with van der Waals surface area (Å²) in [6, 6.07) is 15.0. The van der Waals surface area contributed by atoms with Crippen molar-refractivity contribution in [2.45, 2.75) is 0 Å². The summed E-state index contributed by atoms with van der Waals surface area (Å²) in [5.41, 5.74) is 4.08. The summed E-state index contributed by atoms with van der Waals surface area (Å²) in [6.07, 6.45) is 3.09. The molecule has 0 atom stereocenters. The Morgan fingerprint density at radius 3 is 2.42 bits per heavy atom. The fourth-order valence-corrected chi connectivity index (χ4v) is 4.04. The Kier molecular flexibility index (Phi) is 10.8. The summed E-state index contributed by atoms with van der Waals surface area (Å²) in [5.74, 6) is 0.966. The van der Waals surface area contributed by atoms with E-state index in [1.165, 1.54) is 20.4 Å². The van der Waals surface area contributed by atoms with Crippen LogP contribution >= 0.6 is 34.2 Å². The molecule has 0 radical (unpaired) electrons. The first kappa shape index (κ1) is 28.8. The molecule has 198 valence electrons. The van der Waals surface area contributed by atoms with Gasteiger partial charge in [-0.2, -0.15) is 5.10 Å². The molecule has 0 aromatic heterocycles. The molecular weight excluding hydrogens is 625 g/mol. The van der Waals surface area contributed by atoms with Gasteiger partial charge in [0.15, 0.2) is 29.6 Å². The summed E-state index contributed by atoms with van der Waals surface area (Å²) >= 11 is 7.94. The van der Waals surface area contributed by atoms with Crippen molar-refractivity contribution < 1.29 is 28.5 Å². The number of hydrogen-bond donors (Lipinski definition) is 2. The standard InChI is InChI=1S/C27H25ClIN3O6/c1-4-11-37-22-10-5-18(14-23(22)35-2)27(34)32-30-15-17-12-21(29)26(24(13-17)36-3)38-16-25(33)31-20-8-6-19(28)7-9-20/h4-10,12-15H,1,11,16H2,2-3H3,(H,31,33)(H,32,34)/b30-15+. The molecule has 0 heterocycles. The van der Waals surface area contributed by atoms with E-state index in [-0.39, 0.29) is 12.5 Å². The van der Waals surface area contributed by atoms with Crippen LogP contribution in [0, 0.1) is 3.57 Å². The maximum atomic E-state index is 12.5. The molecule has 0 unspecified atom stereocenters. The van der Waals surface area contributed by atoms with Crippen molar-refractivity contribution in [1.29, 1.82) is 0 Å². The van der Waals surface area contributed by atoms with Crippen molar-refractivity contribution in [1.82, 2.24) is 5.43 Å². The molecule has 0 fully saturated rings. The van der Waals surface area contributed by atoms with Crippen molar-refractivity contribution in [3.8, 4) is 23.0 Å². The van der Waals surface area contributed by atoms with E-state index in [0.717, 1.165) is 0 Å². The first-order chi connectivity index (χ1) is 18.3. The third-order valence-corrected chi connectivity index (χ3v) is 5.94. The zero-order valence-electron chi connectivity index (χ0n) is 20.6. The molecule has 3 aromatic rings. The van der Waals surface area contributed by atoms with Crippen LogP contribution in [0.3, 0.4) is 0 Å². The Bertz CT molecular complexity index is 1330. The van der Waals surface area contributed by atoms with Crippen molar-refractivity contribution in [3.05, 3.63) is 87.0 Å². The van der Waals surface area contributed by atoms with Gasteiger partial charge in [0.25, 0.3) is 11.8 Å². The first-order valence-electron chi connectivity index (χ1n) is 11.2. The minimum atomic E-state index is -0.428. The van der Waals surface area contributed by atoms with E-state index in [2.05, 4.69) is 45.0 Å². The molecule has 0 aliphatic rings. The summed E-state index contributed by atoms with van der Waals surface area (Å²) in [6.45, 7) is 3.70. The van der Waals surface area contributed by atoms with Gasteiger partial charge < -0.3 is 24.3 Å². The average molecular weight is 650 g/mol. The molecular formula is C27H25ClIN3O6. The number of hydrogen-bond acceptors (Lipinski definition) is 7. The fraction of sp³-hybridized carbons (Fsp3) is 0.148. The van der Waals surface area contributed by atoms with Gasteiger partial charge >= 0.3 is 0 Å². The van der Waals surface area contributed by atoms with Crippen molar-refractivity contribution in [2.75, 3.05) is 32.8 Å². The number of carbonyl (C=O) groups excluding carboxylic acids is 2. The number of amides is 2. The second-order valence-corrected chi connectivity index (χ2v) is 9.14. The second-order valence-electron chi connectivity index (χ2n) is 7.54. The number of benzene rings is 3. The number of halogens is 2. The number of anilines is 1. The average Bonchev–Trinajstić information content (AvgIpc) is 2.92. The third-order valence-electron chi connectivity index (χ3n) is 4.89. The van der Waals surface area contributed by atoms with Gasteiger partial charge in [-0.3, -0.25) is 9.59 Å². The highest BCUT2D eigenvalue weighted by Crippen LogP contribution is 2.33. The number of nitrogens with zero attached hydrogens (tertiary/aromatic N) is 1. The van der Waals surface area contributed by atoms with Crippen LogP contribution in [-0.2, 0) is 4.79 Å². The molecule has 11 heteroatoms. The topological polar surface area (TPSA) is 107 Å². The Morgan fingerprint density at radius 2 is 1.74 bits per heavy atom. The maximum Gasteiger partial charge on any atom is 0.271 e. The van der Waals surface area contributed by atoms with Gasteiger partial charge in [0.2, 0.25) is 0 Å². The van der Waals surface area contributed by atoms with Crippen LogP contribution in [0.5, 0.6) is 23.0 Å². The lowest BCUT2D eigenvalue weighted by atomic mass is 10.2. The van der Waals surface area contributed by atoms with Crippen LogP contribution in [-0.4, -0.2) is 45.5 Å². The Balaban J connectivity index is 1.62.